The zero-order chi connectivity index (χ0) is 13.0. The summed E-state index contributed by atoms with van der Waals surface area (Å²) in [5.41, 5.74) is 2.27. The van der Waals surface area contributed by atoms with Gasteiger partial charge in [0.1, 0.15) is 0 Å². The average molecular weight is 417 g/mol. The van der Waals surface area contributed by atoms with Crippen molar-refractivity contribution in [3.8, 4) is 0 Å². The second-order valence-corrected chi connectivity index (χ2v) is 6.28. The van der Waals surface area contributed by atoms with Gasteiger partial charge in [-0.15, -0.1) is 0 Å². The van der Waals surface area contributed by atoms with Gasteiger partial charge in [-0.2, -0.15) is 0 Å². The molecule has 94 valence electrons. The van der Waals surface area contributed by atoms with Crippen LogP contribution < -0.4 is 0 Å². The van der Waals surface area contributed by atoms with Crippen molar-refractivity contribution in [2.24, 2.45) is 0 Å². The van der Waals surface area contributed by atoms with E-state index in [1.54, 1.807) is 0 Å². The Labute approximate surface area is 130 Å². The second-order valence-electron chi connectivity index (χ2n) is 4.21. The van der Waals surface area contributed by atoms with Crippen LogP contribution in [-0.4, -0.2) is 5.11 Å². The molecule has 1 atom stereocenters. The van der Waals surface area contributed by atoms with Gasteiger partial charge in [0.25, 0.3) is 0 Å². The summed E-state index contributed by atoms with van der Waals surface area (Å²) in [6.07, 6.45) is 1.23. The Hall–Kier alpha value is -0.390. The average Bonchev–Trinajstić information content (AvgIpc) is 2.40. The Morgan fingerprint density at radius 3 is 2.56 bits per heavy atom. The lowest BCUT2D eigenvalue weighted by Crippen LogP contribution is -2.02. The number of aryl methyl sites for hydroxylation is 1. The molecule has 0 aliphatic heterocycles. The van der Waals surface area contributed by atoms with Gasteiger partial charge in [0.2, 0.25) is 0 Å². The first-order chi connectivity index (χ1) is 8.66. The van der Waals surface area contributed by atoms with E-state index in [0.29, 0.717) is 0 Å². The molecule has 0 aliphatic rings. The van der Waals surface area contributed by atoms with Crippen LogP contribution >= 0.6 is 38.5 Å². The van der Waals surface area contributed by atoms with E-state index in [-0.39, 0.29) is 0 Å². The Bertz CT molecular complexity index is 513. The molecule has 2 aromatic rings. The number of aliphatic hydroxyl groups is 1. The second kappa shape index (κ2) is 6.68. The van der Waals surface area contributed by atoms with Gasteiger partial charge in [-0.1, -0.05) is 46.3 Å². The molecule has 0 spiro atoms. The molecule has 1 N–H and O–H groups in total. The summed E-state index contributed by atoms with van der Waals surface area (Å²) < 4.78 is 2.12. The van der Waals surface area contributed by atoms with Gasteiger partial charge in [-0.05, 0) is 64.8 Å². The maximum Gasteiger partial charge on any atom is 0.0803 e. The van der Waals surface area contributed by atoms with Gasteiger partial charge in [-0.25, -0.2) is 0 Å². The number of hydrogen-bond acceptors (Lipinski definition) is 1. The first kappa shape index (κ1) is 14.0. The topological polar surface area (TPSA) is 20.2 Å². The molecule has 0 saturated heterocycles. The largest absolute Gasteiger partial charge is 0.388 e. The van der Waals surface area contributed by atoms with E-state index in [9.17, 15) is 5.11 Å². The van der Waals surface area contributed by atoms with Crippen LogP contribution in [0, 0.1) is 3.57 Å². The molecule has 3 heteroatoms. The highest BCUT2D eigenvalue weighted by molar-refractivity contribution is 14.1. The van der Waals surface area contributed by atoms with E-state index < -0.39 is 6.10 Å². The summed E-state index contributed by atoms with van der Waals surface area (Å²) in [6, 6.07) is 16.3. The van der Waals surface area contributed by atoms with Crippen LogP contribution in [0.25, 0.3) is 0 Å². The van der Waals surface area contributed by atoms with Gasteiger partial charge >= 0.3 is 0 Å². The lowest BCUT2D eigenvalue weighted by molar-refractivity contribution is 0.167. The molecule has 0 heterocycles. The zero-order valence-corrected chi connectivity index (χ0v) is 13.6. The molecule has 18 heavy (non-hydrogen) atoms. The summed E-state index contributed by atoms with van der Waals surface area (Å²) in [5, 5.41) is 10.3. The van der Waals surface area contributed by atoms with E-state index in [1.165, 1.54) is 5.56 Å². The molecule has 0 aliphatic carbocycles. The fraction of sp³-hybridized carbons (Fsp3) is 0.200. The molecule has 0 amide bonds. The highest BCUT2D eigenvalue weighted by Gasteiger charge is 2.11. The van der Waals surface area contributed by atoms with E-state index >= 15 is 0 Å². The monoisotopic (exact) mass is 416 g/mol. The maximum atomic E-state index is 10.3. The zero-order valence-electron chi connectivity index (χ0n) is 9.81. The molecule has 2 rings (SSSR count). The van der Waals surface area contributed by atoms with Crippen LogP contribution in [0.4, 0.5) is 0 Å². The lowest BCUT2D eigenvalue weighted by atomic mass is 10.0. The molecule has 0 radical (unpaired) electrons. The quantitative estimate of drug-likeness (QED) is 0.715. The molecule has 1 nitrogen and oxygen atoms in total. The predicted molar refractivity (Wildman–Crippen MR) is 86.6 cm³/mol. The number of aliphatic hydroxyl groups excluding tert-OH is 1. The Morgan fingerprint density at radius 2 is 1.83 bits per heavy atom. The van der Waals surface area contributed by atoms with Crippen molar-refractivity contribution >= 4 is 38.5 Å². The van der Waals surface area contributed by atoms with Crippen LogP contribution in [-0.2, 0) is 6.42 Å². The van der Waals surface area contributed by atoms with Crippen LogP contribution in [0.15, 0.2) is 53.0 Å². The van der Waals surface area contributed by atoms with Gasteiger partial charge in [0, 0.05) is 8.04 Å². The minimum atomic E-state index is -0.408. The molecule has 0 bridgehead atoms. The van der Waals surface area contributed by atoms with Crippen LogP contribution in [0.1, 0.15) is 23.7 Å². The van der Waals surface area contributed by atoms with Crippen molar-refractivity contribution in [2.75, 3.05) is 0 Å². The summed E-state index contributed by atoms with van der Waals surface area (Å²) >= 11 is 5.71. The normalized spacial score (nSPS) is 12.4. The third-order valence-electron chi connectivity index (χ3n) is 2.87. The Kier molecular flexibility index (Phi) is 5.21. The third kappa shape index (κ3) is 3.80. The van der Waals surface area contributed by atoms with Gasteiger partial charge in [0.15, 0.2) is 0 Å². The third-order valence-corrected chi connectivity index (χ3v) is 4.34. The molecule has 0 saturated carbocycles. The van der Waals surface area contributed by atoms with E-state index in [2.05, 4.69) is 50.7 Å². The molecular weight excluding hydrogens is 403 g/mol. The number of hydrogen-bond donors (Lipinski definition) is 1. The molecule has 0 aromatic heterocycles. The first-order valence-corrected chi connectivity index (χ1v) is 7.71. The number of rotatable bonds is 4. The van der Waals surface area contributed by atoms with E-state index in [1.807, 2.05) is 36.4 Å². The van der Waals surface area contributed by atoms with Crippen LogP contribution in [0.3, 0.4) is 0 Å². The van der Waals surface area contributed by atoms with Crippen molar-refractivity contribution in [1.29, 1.82) is 0 Å². The lowest BCUT2D eigenvalue weighted by Gasteiger charge is -2.13. The van der Waals surface area contributed by atoms with Crippen LogP contribution in [0.2, 0.25) is 0 Å². The predicted octanol–water partition coefficient (Wildman–Crippen LogP) is 4.72. The molecular formula is C15H14BrIO. The summed E-state index contributed by atoms with van der Waals surface area (Å²) in [5.74, 6) is 0. The van der Waals surface area contributed by atoms with Crippen LogP contribution in [0.5, 0.6) is 0 Å². The SMILES string of the molecule is OC(CCc1ccccc1)c1cc(Br)ccc1I. The van der Waals surface area contributed by atoms with E-state index in [0.717, 1.165) is 26.4 Å². The maximum absolute atomic E-state index is 10.3. The Morgan fingerprint density at radius 1 is 1.11 bits per heavy atom. The molecule has 1 unspecified atom stereocenters. The highest BCUT2D eigenvalue weighted by atomic mass is 127. The minimum Gasteiger partial charge on any atom is -0.388 e. The minimum absolute atomic E-state index is 0.408. The van der Waals surface area contributed by atoms with Gasteiger partial charge in [-0.3, -0.25) is 0 Å². The number of benzene rings is 2. The molecule has 2 aromatic carbocycles. The van der Waals surface area contributed by atoms with Crippen molar-refractivity contribution in [3.05, 3.63) is 67.7 Å². The Balaban J connectivity index is 2.03. The van der Waals surface area contributed by atoms with E-state index in [4.69, 9.17) is 0 Å². The van der Waals surface area contributed by atoms with Gasteiger partial charge in [0.05, 0.1) is 6.10 Å². The molecule has 0 fully saturated rings. The first-order valence-electron chi connectivity index (χ1n) is 5.84. The number of halogens is 2. The van der Waals surface area contributed by atoms with Crippen molar-refractivity contribution < 1.29 is 5.11 Å². The van der Waals surface area contributed by atoms with Crippen molar-refractivity contribution in [3.63, 3.8) is 0 Å². The fourth-order valence-corrected chi connectivity index (χ4v) is 2.95. The smallest absolute Gasteiger partial charge is 0.0803 e. The highest BCUT2D eigenvalue weighted by Crippen LogP contribution is 2.27. The summed E-state index contributed by atoms with van der Waals surface area (Å²) in [4.78, 5) is 0. The fourth-order valence-electron chi connectivity index (χ4n) is 1.87. The van der Waals surface area contributed by atoms with Crippen molar-refractivity contribution in [2.45, 2.75) is 18.9 Å². The summed E-state index contributed by atoms with van der Waals surface area (Å²) in [6.45, 7) is 0. The standard InChI is InChI=1S/C15H14BrIO/c16-12-7-8-14(17)13(10-12)15(18)9-6-11-4-2-1-3-5-11/h1-5,7-8,10,15,18H,6,9H2. The van der Waals surface area contributed by atoms with Crippen molar-refractivity contribution in [1.82, 2.24) is 0 Å². The summed E-state index contributed by atoms with van der Waals surface area (Å²) in [7, 11) is 0. The van der Waals surface area contributed by atoms with Gasteiger partial charge < -0.3 is 5.11 Å².